The summed E-state index contributed by atoms with van der Waals surface area (Å²) in [7, 11) is 0. The van der Waals surface area contributed by atoms with E-state index < -0.39 is 0 Å². The fourth-order valence-electron chi connectivity index (χ4n) is 3.07. The number of aromatic nitrogens is 3. The normalized spacial score (nSPS) is 13.3. The molecule has 0 fully saturated rings. The monoisotopic (exact) mass is 350 g/mol. The molecule has 0 unspecified atom stereocenters. The van der Waals surface area contributed by atoms with Gasteiger partial charge in [-0.15, -0.1) is 0 Å². The number of hydrogen-bond donors (Lipinski definition) is 1. The summed E-state index contributed by atoms with van der Waals surface area (Å²) < 4.78 is 7.07. The SMILES string of the molecule is O=C(OCc1ccccc1)N1CCn2c(c(-c3ccccn3)[nH]c2=O)C1. The van der Waals surface area contributed by atoms with Crippen LogP contribution in [0, 0.1) is 0 Å². The van der Waals surface area contributed by atoms with E-state index in [0.29, 0.717) is 31.0 Å². The molecular formula is C19H18N4O3. The summed E-state index contributed by atoms with van der Waals surface area (Å²) >= 11 is 0. The van der Waals surface area contributed by atoms with E-state index in [0.717, 1.165) is 11.3 Å². The Labute approximate surface area is 149 Å². The number of imidazole rings is 1. The molecule has 26 heavy (non-hydrogen) atoms. The van der Waals surface area contributed by atoms with E-state index in [1.807, 2.05) is 48.5 Å². The summed E-state index contributed by atoms with van der Waals surface area (Å²) in [4.78, 5) is 33.4. The number of carbonyl (C=O) groups excluding carboxylic acids is 1. The third-order valence-electron chi connectivity index (χ3n) is 4.41. The molecule has 7 nitrogen and oxygen atoms in total. The van der Waals surface area contributed by atoms with Gasteiger partial charge in [0.1, 0.15) is 6.61 Å². The molecule has 1 N–H and O–H groups in total. The van der Waals surface area contributed by atoms with Crippen molar-refractivity contribution in [2.75, 3.05) is 6.54 Å². The molecule has 1 aromatic carbocycles. The molecule has 0 atom stereocenters. The number of rotatable bonds is 3. The fourth-order valence-corrected chi connectivity index (χ4v) is 3.07. The van der Waals surface area contributed by atoms with E-state index in [9.17, 15) is 9.59 Å². The minimum absolute atomic E-state index is 0.182. The highest BCUT2D eigenvalue weighted by atomic mass is 16.6. The standard InChI is InChI=1S/C19H18N4O3/c24-18-21-17(15-8-4-5-9-20-15)16-12-22(10-11-23(16)18)19(25)26-13-14-6-2-1-3-7-14/h1-9H,10-13H2,(H,21,24). The Morgan fingerprint density at radius 1 is 1.12 bits per heavy atom. The van der Waals surface area contributed by atoms with Crippen LogP contribution in [0.3, 0.4) is 0 Å². The lowest BCUT2D eigenvalue weighted by molar-refractivity contribution is 0.0867. The first kappa shape index (κ1) is 16.1. The van der Waals surface area contributed by atoms with Gasteiger partial charge in [0, 0.05) is 19.3 Å². The number of hydrogen-bond acceptors (Lipinski definition) is 4. The molecule has 3 heterocycles. The number of pyridine rings is 1. The largest absolute Gasteiger partial charge is 0.445 e. The molecule has 3 aromatic rings. The second kappa shape index (κ2) is 6.87. The Hall–Kier alpha value is -3.35. The lowest BCUT2D eigenvalue weighted by Crippen LogP contribution is -2.40. The first-order chi connectivity index (χ1) is 12.7. The molecule has 0 radical (unpaired) electrons. The molecular weight excluding hydrogens is 332 g/mol. The Kier molecular flexibility index (Phi) is 4.27. The van der Waals surface area contributed by atoms with Gasteiger partial charge in [-0.1, -0.05) is 36.4 Å². The Balaban J connectivity index is 1.52. The van der Waals surface area contributed by atoms with Crippen LogP contribution in [0.1, 0.15) is 11.3 Å². The molecule has 0 aliphatic carbocycles. The highest BCUT2D eigenvalue weighted by Gasteiger charge is 2.27. The van der Waals surface area contributed by atoms with Crippen molar-refractivity contribution in [3.63, 3.8) is 0 Å². The molecule has 7 heteroatoms. The minimum Gasteiger partial charge on any atom is -0.445 e. The molecule has 0 saturated carbocycles. The number of H-pyrrole nitrogens is 1. The third-order valence-corrected chi connectivity index (χ3v) is 4.41. The minimum atomic E-state index is -0.388. The number of fused-ring (bicyclic) bond motifs is 1. The van der Waals surface area contributed by atoms with Crippen LogP contribution in [-0.4, -0.2) is 32.1 Å². The fraction of sp³-hybridized carbons (Fsp3) is 0.211. The molecule has 0 saturated heterocycles. The van der Waals surface area contributed by atoms with Gasteiger partial charge in [-0.25, -0.2) is 9.59 Å². The molecule has 1 aliphatic heterocycles. The number of aromatic amines is 1. The van der Waals surface area contributed by atoms with Crippen LogP contribution >= 0.6 is 0 Å². The van der Waals surface area contributed by atoms with Crippen molar-refractivity contribution >= 4 is 6.09 Å². The quantitative estimate of drug-likeness (QED) is 0.786. The van der Waals surface area contributed by atoms with Crippen LogP contribution in [-0.2, 0) is 24.4 Å². The molecule has 1 aliphatic rings. The van der Waals surface area contributed by atoms with Crippen molar-refractivity contribution in [3.05, 3.63) is 76.5 Å². The van der Waals surface area contributed by atoms with Gasteiger partial charge < -0.3 is 14.6 Å². The molecule has 2 aromatic heterocycles. The van der Waals surface area contributed by atoms with Crippen molar-refractivity contribution in [2.45, 2.75) is 19.7 Å². The van der Waals surface area contributed by atoms with Crippen molar-refractivity contribution in [3.8, 4) is 11.4 Å². The van der Waals surface area contributed by atoms with Gasteiger partial charge in [-0.3, -0.25) is 9.55 Å². The number of nitrogens with zero attached hydrogens (tertiary/aromatic N) is 3. The van der Waals surface area contributed by atoms with Gasteiger partial charge in [0.15, 0.2) is 0 Å². The molecule has 4 rings (SSSR count). The van der Waals surface area contributed by atoms with Gasteiger partial charge in [-0.05, 0) is 17.7 Å². The molecule has 1 amide bonds. The van der Waals surface area contributed by atoms with E-state index in [-0.39, 0.29) is 18.4 Å². The van der Waals surface area contributed by atoms with Crippen molar-refractivity contribution in [1.29, 1.82) is 0 Å². The number of nitrogens with one attached hydrogen (secondary N) is 1. The van der Waals surface area contributed by atoms with Crippen LogP contribution in [0.25, 0.3) is 11.4 Å². The lowest BCUT2D eigenvalue weighted by atomic mass is 10.2. The highest BCUT2D eigenvalue weighted by Crippen LogP contribution is 2.22. The average molecular weight is 350 g/mol. The van der Waals surface area contributed by atoms with E-state index >= 15 is 0 Å². The van der Waals surface area contributed by atoms with Gasteiger partial charge in [0.2, 0.25) is 0 Å². The van der Waals surface area contributed by atoms with E-state index in [2.05, 4.69) is 9.97 Å². The number of carbonyl (C=O) groups is 1. The Morgan fingerprint density at radius 3 is 2.69 bits per heavy atom. The zero-order valence-corrected chi connectivity index (χ0v) is 14.1. The topological polar surface area (TPSA) is 80.2 Å². The van der Waals surface area contributed by atoms with Gasteiger partial charge >= 0.3 is 11.8 Å². The first-order valence-electron chi connectivity index (χ1n) is 8.41. The Morgan fingerprint density at radius 2 is 1.92 bits per heavy atom. The number of ether oxygens (including phenoxy) is 1. The lowest BCUT2D eigenvalue weighted by Gasteiger charge is -2.27. The van der Waals surface area contributed by atoms with Crippen LogP contribution in [0.15, 0.2) is 59.5 Å². The Bertz CT molecular complexity index is 963. The predicted molar refractivity (Wildman–Crippen MR) is 95.3 cm³/mol. The summed E-state index contributed by atoms with van der Waals surface area (Å²) in [5.74, 6) is 0. The zero-order chi connectivity index (χ0) is 17.9. The van der Waals surface area contributed by atoms with Crippen LogP contribution in [0.4, 0.5) is 4.79 Å². The van der Waals surface area contributed by atoms with Crippen molar-refractivity contribution in [1.82, 2.24) is 19.4 Å². The number of amides is 1. The van der Waals surface area contributed by atoms with Gasteiger partial charge in [0.05, 0.1) is 23.6 Å². The zero-order valence-electron chi connectivity index (χ0n) is 14.1. The smallest absolute Gasteiger partial charge is 0.410 e. The number of benzene rings is 1. The summed E-state index contributed by atoms with van der Waals surface area (Å²) in [6.07, 6.45) is 1.28. The average Bonchev–Trinajstić information content (AvgIpc) is 3.04. The van der Waals surface area contributed by atoms with E-state index in [1.165, 1.54) is 0 Å². The van der Waals surface area contributed by atoms with Gasteiger partial charge in [0.25, 0.3) is 0 Å². The van der Waals surface area contributed by atoms with E-state index in [1.54, 1.807) is 15.7 Å². The van der Waals surface area contributed by atoms with Crippen LogP contribution < -0.4 is 5.69 Å². The molecule has 132 valence electrons. The van der Waals surface area contributed by atoms with Crippen molar-refractivity contribution in [2.24, 2.45) is 0 Å². The highest BCUT2D eigenvalue weighted by molar-refractivity contribution is 5.68. The summed E-state index contributed by atoms with van der Waals surface area (Å²) in [6, 6.07) is 15.1. The predicted octanol–water partition coefficient (Wildman–Crippen LogP) is 2.39. The summed E-state index contributed by atoms with van der Waals surface area (Å²) in [5, 5.41) is 0. The van der Waals surface area contributed by atoms with Crippen LogP contribution in [0.2, 0.25) is 0 Å². The first-order valence-corrected chi connectivity index (χ1v) is 8.41. The second-order valence-electron chi connectivity index (χ2n) is 6.08. The second-order valence-corrected chi connectivity index (χ2v) is 6.08. The van der Waals surface area contributed by atoms with Crippen molar-refractivity contribution < 1.29 is 9.53 Å². The maximum atomic E-state index is 12.4. The maximum absolute atomic E-state index is 12.4. The summed E-state index contributed by atoms with van der Waals surface area (Å²) in [6.45, 7) is 1.39. The molecule has 0 spiro atoms. The summed E-state index contributed by atoms with van der Waals surface area (Å²) in [5.41, 5.74) is 2.83. The van der Waals surface area contributed by atoms with E-state index in [4.69, 9.17) is 4.74 Å². The van der Waals surface area contributed by atoms with Gasteiger partial charge in [-0.2, -0.15) is 0 Å². The molecule has 0 bridgehead atoms. The maximum Gasteiger partial charge on any atom is 0.410 e. The van der Waals surface area contributed by atoms with Crippen LogP contribution in [0.5, 0.6) is 0 Å². The third kappa shape index (κ3) is 3.11.